The Morgan fingerprint density at radius 3 is 1.09 bits per heavy atom. The third kappa shape index (κ3) is 25.7. The number of hydrogen-bond donors (Lipinski definition) is 8. The van der Waals surface area contributed by atoms with Gasteiger partial charge >= 0.3 is 0 Å². The van der Waals surface area contributed by atoms with Gasteiger partial charge in [-0.05, 0) is 120 Å². The third-order valence-electron chi connectivity index (χ3n) is 8.00. The molecule has 4 unspecified atom stereocenters. The number of unbranched alkanes of at least 4 members (excludes halogenated alkanes) is 3. The number of carbonyl (C=O) groups excluding carboxylic acids is 4. The Morgan fingerprint density at radius 1 is 0.422 bits per heavy atom. The summed E-state index contributed by atoms with van der Waals surface area (Å²) in [6.07, 6.45) is 10.6. The van der Waals surface area contributed by atoms with Gasteiger partial charge < -0.3 is 42.5 Å². The molecule has 0 aliphatic carbocycles. The standard InChI is InChI=1S/C33H68N8O4/c1-26(42)22-28(17-13-21-37-5)39-32(44)24-30(16-9-12-20-36-4)41-33(45)25-29(15-8-11-19-35-3)40-31(43)23-27(38-6)14-7-10-18-34-2/h27-30,34-38H,7-25H2,1-6H3,(H,39,44)(H,40,43)(H,41,45). The molecule has 0 radical (unpaired) electrons. The molecule has 0 aliphatic heterocycles. The summed E-state index contributed by atoms with van der Waals surface area (Å²) in [5.74, 6) is -0.326. The molecule has 0 aromatic rings. The summed E-state index contributed by atoms with van der Waals surface area (Å²) < 4.78 is 0. The lowest BCUT2D eigenvalue weighted by molar-refractivity contribution is -0.124. The van der Waals surface area contributed by atoms with Crippen LogP contribution in [0.2, 0.25) is 0 Å². The van der Waals surface area contributed by atoms with Crippen LogP contribution in [0.5, 0.6) is 0 Å². The van der Waals surface area contributed by atoms with Crippen molar-refractivity contribution in [1.29, 1.82) is 0 Å². The van der Waals surface area contributed by atoms with E-state index in [0.29, 0.717) is 32.1 Å². The van der Waals surface area contributed by atoms with Crippen LogP contribution in [0.4, 0.5) is 0 Å². The molecule has 0 aromatic heterocycles. The fraction of sp³-hybridized carbons (Fsp3) is 0.879. The Kier molecular flexibility index (Phi) is 27.9. The van der Waals surface area contributed by atoms with Gasteiger partial charge in [-0.1, -0.05) is 19.3 Å². The molecule has 0 rings (SSSR count). The predicted octanol–water partition coefficient (Wildman–Crippen LogP) is 1.35. The largest absolute Gasteiger partial charge is 0.353 e. The van der Waals surface area contributed by atoms with Crippen LogP contribution >= 0.6 is 0 Å². The van der Waals surface area contributed by atoms with Crippen LogP contribution in [0.1, 0.15) is 103 Å². The van der Waals surface area contributed by atoms with E-state index in [-0.39, 0.29) is 60.5 Å². The lowest BCUT2D eigenvalue weighted by Gasteiger charge is -2.24. The predicted molar refractivity (Wildman–Crippen MR) is 184 cm³/mol. The molecule has 8 N–H and O–H groups in total. The maximum absolute atomic E-state index is 13.3. The fourth-order valence-electron chi connectivity index (χ4n) is 5.51. The normalized spacial score (nSPS) is 13.9. The average molecular weight is 641 g/mol. The summed E-state index contributed by atoms with van der Waals surface area (Å²) in [5, 5.41) is 25.1. The highest BCUT2D eigenvalue weighted by Crippen LogP contribution is 2.11. The van der Waals surface area contributed by atoms with Crippen LogP contribution < -0.4 is 42.5 Å². The zero-order valence-electron chi connectivity index (χ0n) is 29.4. The first-order valence-corrected chi connectivity index (χ1v) is 17.3. The molecular weight excluding hydrogens is 572 g/mol. The number of hydrogen-bond acceptors (Lipinski definition) is 9. The van der Waals surface area contributed by atoms with E-state index in [0.717, 1.165) is 77.5 Å². The SMILES string of the molecule is CNCCCCC(CC(=O)NC(CCCCNC)CC(=O)NC(CCCCNC)CC(=O)NC(CCCNC)CC(C)=O)NC. The van der Waals surface area contributed by atoms with E-state index in [9.17, 15) is 19.2 Å². The third-order valence-corrected chi connectivity index (χ3v) is 8.00. The molecule has 0 aliphatic rings. The molecule has 0 saturated heterocycles. The maximum Gasteiger partial charge on any atom is 0.222 e. The second-order valence-corrected chi connectivity index (χ2v) is 12.3. The van der Waals surface area contributed by atoms with E-state index in [1.54, 1.807) is 6.92 Å². The van der Waals surface area contributed by atoms with E-state index in [1.165, 1.54) is 0 Å². The van der Waals surface area contributed by atoms with E-state index < -0.39 is 0 Å². The minimum Gasteiger partial charge on any atom is -0.353 e. The molecular formula is C33H68N8O4. The molecule has 0 fully saturated rings. The van der Waals surface area contributed by atoms with Crippen molar-refractivity contribution < 1.29 is 19.2 Å². The van der Waals surface area contributed by atoms with Crippen LogP contribution in [-0.4, -0.2) is 109 Å². The lowest BCUT2D eigenvalue weighted by atomic mass is 10.0. The molecule has 0 bridgehead atoms. The summed E-state index contributed by atoms with van der Waals surface area (Å²) in [4.78, 5) is 51.3. The van der Waals surface area contributed by atoms with Gasteiger partial charge in [0.2, 0.25) is 17.7 Å². The lowest BCUT2D eigenvalue weighted by Crippen LogP contribution is -2.45. The Hall–Kier alpha value is -2.12. The van der Waals surface area contributed by atoms with Gasteiger partial charge in [0.05, 0.1) is 0 Å². The van der Waals surface area contributed by atoms with Gasteiger partial charge in [0.15, 0.2) is 0 Å². The van der Waals surface area contributed by atoms with Crippen molar-refractivity contribution in [2.24, 2.45) is 0 Å². The molecule has 4 atom stereocenters. The van der Waals surface area contributed by atoms with Gasteiger partial charge in [0.1, 0.15) is 5.78 Å². The number of rotatable bonds is 31. The first-order chi connectivity index (χ1) is 21.7. The highest BCUT2D eigenvalue weighted by atomic mass is 16.2. The second-order valence-electron chi connectivity index (χ2n) is 12.3. The Morgan fingerprint density at radius 2 is 0.733 bits per heavy atom. The monoisotopic (exact) mass is 641 g/mol. The summed E-state index contributed by atoms with van der Waals surface area (Å²) in [5.41, 5.74) is 0. The van der Waals surface area contributed by atoms with E-state index >= 15 is 0 Å². The minimum atomic E-state index is -0.323. The molecule has 0 spiro atoms. The smallest absolute Gasteiger partial charge is 0.222 e. The van der Waals surface area contributed by atoms with Crippen LogP contribution in [0, 0.1) is 0 Å². The Bertz CT molecular complexity index is 786. The van der Waals surface area contributed by atoms with Gasteiger partial charge in [-0.2, -0.15) is 0 Å². The molecule has 12 heteroatoms. The zero-order chi connectivity index (χ0) is 33.7. The number of Topliss-reactive ketones (excluding diaryl/α,β-unsaturated/α-hetero) is 1. The summed E-state index contributed by atoms with van der Waals surface area (Å²) in [6, 6.07) is -0.726. The van der Waals surface area contributed by atoms with E-state index in [4.69, 9.17) is 0 Å². The number of amides is 3. The average Bonchev–Trinajstić information content (AvgIpc) is 2.98. The minimum absolute atomic E-state index is 0.0410. The van der Waals surface area contributed by atoms with Crippen molar-refractivity contribution in [3.63, 3.8) is 0 Å². The number of carbonyl (C=O) groups is 4. The number of ketones is 1. The van der Waals surface area contributed by atoms with Crippen molar-refractivity contribution in [3.05, 3.63) is 0 Å². The van der Waals surface area contributed by atoms with Crippen molar-refractivity contribution >= 4 is 23.5 Å². The van der Waals surface area contributed by atoms with Gasteiger partial charge in [-0.3, -0.25) is 19.2 Å². The molecule has 12 nitrogen and oxygen atoms in total. The van der Waals surface area contributed by atoms with E-state index in [1.807, 2.05) is 35.2 Å². The van der Waals surface area contributed by atoms with E-state index in [2.05, 4.69) is 42.5 Å². The van der Waals surface area contributed by atoms with Crippen LogP contribution in [0.25, 0.3) is 0 Å². The molecule has 45 heavy (non-hydrogen) atoms. The van der Waals surface area contributed by atoms with Crippen molar-refractivity contribution in [1.82, 2.24) is 42.5 Å². The van der Waals surface area contributed by atoms with Crippen molar-refractivity contribution in [2.75, 3.05) is 61.4 Å². The van der Waals surface area contributed by atoms with Crippen LogP contribution in [0.15, 0.2) is 0 Å². The summed E-state index contributed by atoms with van der Waals surface area (Å²) in [6.45, 7) is 5.06. The fourth-order valence-corrected chi connectivity index (χ4v) is 5.51. The molecule has 0 saturated carbocycles. The maximum atomic E-state index is 13.3. The molecule has 0 heterocycles. The first kappa shape index (κ1) is 42.9. The topological polar surface area (TPSA) is 165 Å². The summed E-state index contributed by atoms with van der Waals surface area (Å²) in [7, 11) is 9.53. The highest BCUT2D eigenvalue weighted by molar-refractivity contribution is 5.82. The van der Waals surface area contributed by atoms with Gasteiger partial charge in [0, 0.05) is 49.9 Å². The summed E-state index contributed by atoms with van der Waals surface area (Å²) >= 11 is 0. The molecule has 3 amide bonds. The van der Waals surface area contributed by atoms with Crippen molar-refractivity contribution in [2.45, 2.75) is 127 Å². The highest BCUT2D eigenvalue weighted by Gasteiger charge is 2.23. The number of nitrogens with one attached hydrogen (secondary N) is 8. The van der Waals surface area contributed by atoms with Gasteiger partial charge in [0.25, 0.3) is 0 Å². The Balaban J connectivity index is 5.35. The molecule has 264 valence electrons. The van der Waals surface area contributed by atoms with Crippen LogP contribution in [-0.2, 0) is 19.2 Å². The quantitative estimate of drug-likeness (QED) is 0.0523. The van der Waals surface area contributed by atoms with Gasteiger partial charge in [-0.15, -0.1) is 0 Å². The Labute approximate surface area is 273 Å². The van der Waals surface area contributed by atoms with Crippen LogP contribution in [0.3, 0.4) is 0 Å². The first-order valence-electron chi connectivity index (χ1n) is 17.3. The zero-order valence-corrected chi connectivity index (χ0v) is 29.4. The molecule has 0 aromatic carbocycles. The van der Waals surface area contributed by atoms with Gasteiger partial charge in [-0.25, -0.2) is 0 Å². The second kappa shape index (κ2) is 29.3. The van der Waals surface area contributed by atoms with Crippen molar-refractivity contribution in [3.8, 4) is 0 Å².